The molecule has 0 amide bonds. The first-order valence-corrected chi connectivity index (χ1v) is 11.9. The van der Waals surface area contributed by atoms with E-state index in [0.717, 1.165) is 33.9 Å². The molecule has 0 saturated heterocycles. The second kappa shape index (κ2) is 10.6. The number of allylic oxidation sites excluding steroid dienone is 1. The maximum Gasteiger partial charge on any atom is 0.348 e. The lowest BCUT2D eigenvalue weighted by atomic mass is 9.96. The van der Waals surface area contributed by atoms with Gasteiger partial charge in [-0.3, -0.25) is 0 Å². The number of ether oxygens (including phenoxy) is 3. The highest BCUT2D eigenvalue weighted by Gasteiger charge is 2.36. The van der Waals surface area contributed by atoms with Gasteiger partial charge in [-0.25, -0.2) is 9.79 Å². The molecule has 0 radical (unpaired) electrons. The first kappa shape index (κ1) is 23.6. The molecule has 1 aliphatic rings. The van der Waals surface area contributed by atoms with Gasteiger partial charge in [-0.1, -0.05) is 36.4 Å². The minimum absolute atomic E-state index is 0.228. The summed E-state index contributed by atoms with van der Waals surface area (Å²) in [7, 11) is 0. The van der Waals surface area contributed by atoms with Crippen LogP contribution in [0.25, 0.3) is 0 Å². The first-order valence-electron chi connectivity index (χ1n) is 11.1. The van der Waals surface area contributed by atoms with Gasteiger partial charge in [0.15, 0.2) is 0 Å². The van der Waals surface area contributed by atoms with Crippen LogP contribution in [0.4, 0.5) is 0 Å². The third kappa shape index (κ3) is 5.85. The topological polar surface area (TPSA) is 77.4 Å². The number of carboxylic acids is 1. The van der Waals surface area contributed by atoms with Crippen LogP contribution in [0, 0.1) is 0 Å². The first-order chi connectivity index (χ1) is 16.4. The van der Waals surface area contributed by atoms with Crippen molar-refractivity contribution >= 4 is 23.2 Å². The Labute approximate surface area is 203 Å². The molecule has 176 valence electrons. The van der Waals surface area contributed by atoms with Gasteiger partial charge in [0.05, 0.1) is 18.0 Å². The molecule has 34 heavy (non-hydrogen) atoms. The third-order valence-corrected chi connectivity index (χ3v) is 6.43. The van der Waals surface area contributed by atoms with Crippen molar-refractivity contribution in [3.05, 3.63) is 93.9 Å². The van der Waals surface area contributed by atoms with Gasteiger partial charge in [0.2, 0.25) is 11.5 Å². The lowest BCUT2D eigenvalue weighted by molar-refractivity contribution is -0.153. The molecule has 1 atom stereocenters. The van der Waals surface area contributed by atoms with Crippen molar-refractivity contribution in [2.24, 2.45) is 4.99 Å². The molecule has 1 N–H and O–H groups in total. The number of para-hydroxylation sites is 1. The van der Waals surface area contributed by atoms with E-state index in [1.165, 1.54) is 0 Å². The van der Waals surface area contributed by atoms with Crippen LogP contribution in [-0.2, 0) is 16.0 Å². The molecular formula is C27H27NO5S. The summed E-state index contributed by atoms with van der Waals surface area (Å²) in [6.45, 7) is 4.66. The van der Waals surface area contributed by atoms with Gasteiger partial charge in [-0.2, -0.15) is 0 Å². The number of aliphatic carboxylic acids is 1. The van der Waals surface area contributed by atoms with Crippen molar-refractivity contribution in [1.82, 2.24) is 0 Å². The third-order valence-electron chi connectivity index (χ3n) is 5.57. The summed E-state index contributed by atoms with van der Waals surface area (Å²) in [5.74, 6) is 1.79. The average Bonchev–Trinajstić information content (AvgIpc) is 3.37. The Balaban J connectivity index is 1.30. The van der Waals surface area contributed by atoms with E-state index in [-0.39, 0.29) is 6.42 Å². The van der Waals surface area contributed by atoms with E-state index in [1.54, 1.807) is 30.4 Å². The number of benzene rings is 2. The summed E-state index contributed by atoms with van der Waals surface area (Å²) in [5.41, 5.74) is 0.590. The van der Waals surface area contributed by atoms with Gasteiger partial charge in [0.1, 0.15) is 17.3 Å². The van der Waals surface area contributed by atoms with Gasteiger partial charge in [-0.15, -0.1) is 11.3 Å². The molecule has 0 bridgehead atoms. The maximum absolute atomic E-state index is 11.9. The van der Waals surface area contributed by atoms with E-state index in [0.29, 0.717) is 24.8 Å². The molecule has 6 nitrogen and oxygen atoms in total. The highest BCUT2D eigenvalue weighted by molar-refractivity contribution is 7.12. The smallest absolute Gasteiger partial charge is 0.348 e. The predicted molar refractivity (Wildman–Crippen MR) is 133 cm³/mol. The Kier molecular flexibility index (Phi) is 7.33. The quantitative estimate of drug-likeness (QED) is 0.403. The van der Waals surface area contributed by atoms with Crippen LogP contribution in [0.1, 0.15) is 30.7 Å². The van der Waals surface area contributed by atoms with Gasteiger partial charge in [-0.05, 0) is 60.7 Å². The van der Waals surface area contributed by atoms with Gasteiger partial charge in [0.25, 0.3) is 0 Å². The van der Waals surface area contributed by atoms with E-state index in [1.807, 2.05) is 66.9 Å². The fourth-order valence-electron chi connectivity index (χ4n) is 3.60. The van der Waals surface area contributed by atoms with Gasteiger partial charge in [0, 0.05) is 12.8 Å². The molecule has 1 aliphatic heterocycles. The van der Waals surface area contributed by atoms with Crippen molar-refractivity contribution < 1.29 is 24.1 Å². The minimum Gasteiger partial charge on any atom is -0.493 e. The monoisotopic (exact) mass is 477 g/mol. The van der Waals surface area contributed by atoms with Crippen molar-refractivity contribution in [2.45, 2.75) is 32.3 Å². The van der Waals surface area contributed by atoms with E-state index < -0.39 is 11.6 Å². The van der Waals surface area contributed by atoms with Crippen LogP contribution in [0.3, 0.4) is 0 Å². The normalized spacial score (nSPS) is 15.2. The Hall–Kier alpha value is -3.58. The lowest BCUT2D eigenvalue weighted by Crippen LogP contribution is -2.43. The largest absolute Gasteiger partial charge is 0.493 e. The number of carbonyl (C=O) groups is 1. The zero-order chi connectivity index (χ0) is 24.0. The number of nitrogens with zero attached hydrogens (tertiary/aromatic N) is 1. The summed E-state index contributed by atoms with van der Waals surface area (Å²) in [4.78, 5) is 17.5. The zero-order valence-corrected chi connectivity index (χ0v) is 20.0. The van der Waals surface area contributed by atoms with Crippen molar-refractivity contribution in [1.29, 1.82) is 0 Å². The molecule has 0 saturated carbocycles. The molecule has 3 aromatic rings. The Morgan fingerprint density at radius 1 is 1.09 bits per heavy atom. The highest BCUT2D eigenvalue weighted by atomic mass is 32.1. The molecule has 2 heterocycles. The lowest BCUT2D eigenvalue weighted by Gasteiger charge is -2.26. The van der Waals surface area contributed by atoms with Crippen molar-refractivity contribution in [2.75, 3.05) is 13.2 Å². The number of hydrogen-bond donors (Lipinski definition) is 1. The van der Waals surface area contributed by atoms with Crippen LogP contribution in [0.15, 0.2) is 88.4 Å². The minimum atomic E-state index is -1.38. The van der Waals surface area contributed by atoms with Crippen LogP contribution < -0.4 is 9.47 Å². The van der Waals surface area contributed by atoms with E-state index in [2.05, 4.69) is 4.99 Å². The van der Waals surface area contributed by atoms with E-state index >= 15 is 0 Å². The zero-order valence-electron chi connectivity index (χ0n) is 19.2. The second-order valence-electron chi connectivity index (χ2n) is 8.23. The Morgan fingerprint density at radius 2 is 1.85 bits per heavy atom. The summed E-state index contributed by atoms with van der Waals surface area (Å²) >= 11 is 1.61. The van der Waals surface area contributed by atoms with Crippen molar-refractivity contribution in [3.8, 4) is 11.5 Å². The van der Waals surface area contributed by atoms with Crippen LogP contribution >= 0.6 is 11.3 Å². The van der Waals surface area contributed by atoms with E-state index in [4.69, 9.17) is 14.2 Å². The Morgan fingerprint density at radius 3 is 2.50 bits per heavy atom. The SMILES string of the molecule is CC1=C(CCOc2ccc(CC(C)(Oc3ccccc3)C(=O)O)cc2)CN=C(c2cccs2)O1. The van der Waals surface area contributed by atoms with Crippen molar-refractivity contribution in [3.63, 3.8) is 0 Å². The number of aliphatic imine (C=N–C) groups is 1. The fraction of sp³-hybridized carbons (Fsp3) is 0.259. The number of rotatable bonds is 10. The molecule has 2 aromatic carbocycles. The van der Waals surface area contributed by atoms with Crippen LogP contribution in [0.2, 0.25) is 0 Å². The molecule has 0 spiro atoms. The molecule has 7 heteroatoms. The second-order valence-corrected chi connectivity index (χ2v) is 9.18. The predicted octanol–water partition coefficient (Wildman–Crippen LogP) is 5.73. The van der Waals surface area contributed by atoms with Gasteiger partial charge >= 0.3 is 5.97 Å². The molecule has 4 rings (SSSR count). The van der Waals surface area contributed by atoms with Crippen LogP contribution in [0.5, 0.6) is 11.5 Å². The van der Waals surface area contributed by atoms with Gasteiger partial charge < -0.3 is 19.3 Å². The van der Waals surface area contributed by atoms with Crippen LogP contribution in [-0.4, -0.2) is 35.7 Å². The summed E-state index contributed by atoms with van der Waals surface area (Å²) < 4.78 is 17.6. The Bertz CT molecular complexity index is 1170. The molecule has 1 aromatic heterocycles. The summed E-state index contributed by atoms with van der Waals surface area (Å²) in [6, 6.07) is 20.4. The molecule has 0 fully saturated rings. The number of thiophene rings is 1. The molecule has 1 unspecified atom stereocenters. The fourth-order valence-corrected chi connectivity index (χ4v) is 4.27. The summed E-state index contributed by atoms with van der Waals surface area (Å²) in [5, 5.41) is 11.8. The standard InChI is InChI=1S/C27H27NO5S/c1-19-21(18-28-25(32-19)24-9-6-16-34-24)14-15-31-22-12-10-20(11-13-22)17-27(2,26(29)30)33-23-7-4-3-5-8-23/h3-13,16H,14-15,17-18H2,1-2H3,(H,29,30). The molecular weight excluding hydrogens is 450 g/mol. The highest BCUT2D eigenvalue weighted by Crippen LogP contribution is 2.25. The maximum atomic E-state index is 11.9. The molecule has 0 aliphatic carbocycles. The average molecular weight is 478 g/mol. The van der Waals surface area contributed by atoms with E-state index in [9.17, 15) is 9.90 Å². The summed E-state index contributed by atoms with van der Waals surface area (Å²) in [6.07, 6.45) is 0.947. The number of carboxylic acid groups (broad SMARTS) is 1. The number of hydrogen-bond acceptors (Lipinski definition) is 6.